The Hall–Kier alpha value is -1.40. The molecule has 0 aromatic heterocycles. The second-order valence-corrected chi connectivity index (χ2v) is 7.78. The maximum absolute atomic E-state index is 12.9. The minimum absolute atomic E-state index is 0.00139. The van der Waals surface area contributed by atoms with Crippen molar-refractivity contribution in [1.82, 2.24) is 5.32 Å². The fourth-order valence-electron chi connectivity index (χ4n) is 2.17. The van der Waals surface area contributed by atoms with Crippen LogP contribution in [0.1, 0.15) is 32.3 Å². The van der Waals surface area contributed by atoms with Crippen LogP contribution in [0.15, 0.2) is 30.3 Å². The predicted molar refractivity (Wildman–Crippen MR) is 93.4 cm³/mol. The SMILES string of the molecule is CCOP(=O)(OCC)C(CNC(=O)OCc1ccccc1)OC1CC1. The third kappa shape index (κ3) is 6.78. The lowest BCUT2D eigenvalue weighted by atomic mass is 10.2. The molecule has 1 N–H and O–H groups in total. The number of carbonyl (C=O) groups excluding carboxylic acids is 1. The topological polar surface area (TPSA) is 83.1 Å². The molecule has 1 atom stereocenters. The summed E-state index contributed by atoms with van der Waals surface area (Å²) >= 11 is 0. The van der Waals surface area contributed by atoms with E-state index in [1.807, 2.05) is 30.3 Å². The van der Waals surface area contributed by atoms with Gasteiger partial charge in [-0.1, -0.05) is 30.3 Å². The number of amides is 1. The number of alkyl carbamates (subject to hydrolysis) is 1. The monoisotopic (exact) mass is 371 g/mol. The molecule has 0 spiro atoms. The van der Waals surface area contributed by atoms with Crippen molar-refractivity contribution >= 4 is 13.7 Å². The largest absolute Gasteiger partial charge is 0.445 e. The highest BCUT2D eigenvalue weighted by Gasteiger charge is 2.40. The molecule has 0 heterocycles. The Labute approximate surface area is 148 Å². The van der Waals surface area contributed by atoms with Crippen LogP contribution < -0.4 is 5.32 Å². The maximum Gasteiger partial charge on any atom is 0.407 e. The van der Waals surface area contributed by atoms with Crippen molar-refractivity contribution < 1.29 is 27.9 Å². The van der Waals surface area contributed by atoms with E-state index in [2.05, 4.69) is 5.32 Å². The van der Waals surface area contributed by atoms with Gasteiger partial charge in [0.05, 0.1) is 25.9 Å². The highest BCUT2D eigenvalue weighted by atomic mass is 31.2. The van der Waals surface area contributed by atoms with Crippen LogP contribution in [0.2, 0.25) is 0 Å². The fraction of sp³-hybridized carbons (Fsp3) is 0.588. The summed E-state index contributed by atoms with van der Waals surface area (Å²) in [6.07, 6.45) is 1.26. The molecule has 25 heavy (non-hydrogen) atoms. The molecule has 8 heteroatoms. The first-order valence-electron chi connectivity index (χ1n) is 8.56. The number of hydrogen-bond donors (Lipinski definition) is 1. The van der Waals surface area contributed by atoms with Crippen molar-refractivity contribution in [2.75, 3.05) is 19.8 Å². The van der Waals surface area contributed by atoms with Crippen LogP contribution in [0.4, 0.5) is 4.79 Å². The van der Waals surface area contributed by atoms with E-state index < -0.39 is 19.5 Å². The molecule has 2 rings (SSSR count). The van der Waals surface area contributed by atoms with Gasteiger partial charge in [0.15, 0.2) is 5.85 Å². The lowest BCUT2D eigenvalue weighted by Crippen LogP contribution is -2.35. The molecule has 0 aliphatic heterocycles. The van der Waals surface area contributed by atoms with Crippen LogP contribution in [0.25, 0.3) is 0 Å². The summed E-state index contributed by atoms with van der Waals surface area (Å²) in [7, 11) is -3.47. The standard InChI is InChI=1S/C17H26NO6P/c1-3-22-25(20,23-4-2)16(24-15-10-11-15)12-18-17(19)21-13-14-8-6-5-7-9-14/h5-9,15-16H,3-4,10-13H2,1-2H3,(H,18,19). The van der Waals surface area contributed by atoms with Crippen molar-refractivity contribution in [3.63, 3.8) is 0 Å². The van der Waals surface area contributed by atoms with Gasteiger partial charge in [-0.3, -0.25) is 4.57 Å². The van der Waals surface area contributed by atoms with E-state index in [1.165, 1.54) is 0 Å². The van der Waals surface area contributed by atoms with E-state index in [0.717, 1.165) is 18.4 Å². The van der Waals surface area contributed by atoms with E-state index in [1.54, 1.807) is 13.8 Å². The Balaban J connectivity index is 1.87. The molecule has 1 aromatic rings. The van der Waals surface area contributed by atoms with E-state index in [0.29, 0.717) is 0 Å². The summed E-state index contributed by atoms with van der Waals surface area (Å²) in [5.74, 6) is -0.843. The smallest absolute Gasteiger partial charge is 0.407 e. The lowest BCUT2D eigenvalue weighted by Gasteiger charge is -2.26. The molecule has 1 aromatic carbocycles. The average Bonchev–Trinajstić information content (AvgIpc) is 3.42. The predicted octanol–water partition coefficient (Wildman–Crippen LogP) is 3.68. The molecule has 7 nitrogen and oxygen atoms in total. The first-order valence-corrected chi connectivity index (χ1v) is 10.2. The van der Waals surface area contributed by atoms with Gasteiger partial charge in [0.1, 0.15) is 6.61 Å². The van der Waals surface area contributed by atoms with Gasteiger partial charge >= 0.3 is 13.7 Å². The van der Waals surface area contributed by atoms with Gasteiger partial charge in [0.25, 0.3) is 0 Å². The number of rotatable bonds is 11. The molecule has 1 fully saturated rings. The summed E-state index contributed by atoms with van der Waals surface area (Å²) in [6.45, 7) is 4.11. The second kappa shape index (κ2) is 9.92. The number of hydrogen-bond acceptors (Lipinski definition) is 6. The van der Waals surface area contributed by atoms with Crippen LogP contribution >= 0.6 is 7.60 Å². The van der Waals surface area contributed by atoms with Crippen LogP contribution in [0.5, 0.6) is 0 Å². The van der Waals surface area contributed by atoms with Crippen molar-refractivity contribution in [3.8, 4) is 0 Å². The first kappa shape index (κ1) is 19.9. The Morgan fingerprint density at radius 2 is 1.84 bits per heavy atom. The van der Waals surface area contributed by atoms with E-state index in [-0.39, 0.29) is 32.5 Å². The molecule has 1 aliphatic carbocycles. The van der Waals surface area contributed by atoms with Gasteiger partial charge < -0.3 is 23.8 Å². The Bertz CT molecular complexity index is 568. The first-order chi connectivity index (χ1) is 12.1. The number of nitrogens with one attached hydrogen (secondary N) is 1. The highest BCUT2D eigenvalue weighted by Crippen LogP contribution is 2.54. The van der Waals surface area contributed by atoms with Crippen molar-refractivity contribution in [2.24, 2.45) is 0 Å². The molecule has 0 saturated heterocycles. The second-order valence-electron chi connectivity index (χ2n) is 5.61. The van der Waals surface area contributed by atoms with Gasteiger partial charge in [0.2, 0.25) is 0 Å². The molecular weight excluding hydrogens is 345 g/mol. The van der Waals surface area contributed by atoms with E-state index >= 15 is 0 Å². The van der Waals surface area contributed by atoms with Crippen LogP contribution in [-0.4, -0.2) is 37.8 Å². The number of carbonyl (C=O) groups is 1. The van der Waals surface area contributed by atoms with Gasteiger partial charge in [-0.15, -0.1) is 0 Å². The van der Waals surface area contributed by atoms with Crippen LogP contribution in [0, 0.1) is 0 Å². The Kier molecular flexibility index (Phi) is 7.90. The van der Waals surface area contributed by atoms with Gasteiger partial charge in [0, 0.05) is 0 Å². The molecule has 140 valence electrons. The minimum Gasteiger partial charge on any atom is -0.445 e. The minimum atomic E-state index is -3.47. The Morgan fingerprint density at radius 3 is 2.40 bits per heavy atom. The van der Waals surface area contributed by atoms with E-state index in [9.17, 15) is 9.36 Å². The summed E-state index contributed by atoms with van der Waals surface area (Å²) in [5, 5.41) is 2.59. The summed E-state index contributed by atoms with van der Waals surface area (Å²) in [4.78, 5) is 11.9. The van der Waals surface area contributed by atoms with Crippen molar-refractivity contribution in [2.45, 2.75) is 45.2 Å². The number of ether oxygens (including phenoxy) is 2. The van der Waals surface area contributed by atoms with Crippen LogP contribution in [0.3, 0.4) is 0 Å². The molecule has 0 radical (unpaired) electrons. The quantitative estimate of drug-likeness (QED) is 0.598. The van der Waals surface area contributed by atoms with E-state index in [4.69, 9.17) is 18.5 Å². The zero-order chi connectivity index (χ0) is 18.1. The van der Waals surface area contributed by atoms with Crippen LogP contribution in [-0.2, 0) is 29.7 Å². The van der Waals surface area contributed by atoms with Crippen molar-refractivity contribution in [3.05, 3.63) is 35.9 Å². The van der Waals surface area contributed by atoms with Crippen molar-refractivity contribution in [1.29, 1.82) is 0 Å². The zero-order valence-corrected chi connectivity index (χ0v) is 15.6. The molecule has 1 saturated carbocycles. The highest BCUT2D eigenvalue weighted by molar-refractivity contribution is 7.54. The Morgan fingerprint density at radius 1 is 1.20 bits per heavy atom. The van der Waals surface area contributed by atoms with Gasteiger partial charge in [-0.2, -0.15) is 0 Å². The summed E-state index contributed by atoms with van der Waals surface area (Å²) in [6, 6.07) is 9.37. The molecular formula is C17H26NO6P. The molecule has 1 amide bonds. The lowest BCUT2D eigenvalue weighted by molar-refractivity contribution is 0.0567. The van der Waals surface area contributed by atoms with Gasteiger partial charge in [-0.05, 0) is 32.3 Å². The summed E-state index contributed by atoms with van der Waals surface area (Å²) in [5.41, 5.74) is 0.887. The zero-order valence-electron chi connectivity index (χ0n) is 14.7. The third-order valence-corrected chi connectivity index (χ3v) is 5.72. The molecule has 0 bridgehead atoms. The molecule has 1 unspecified atom stereocenters. The molecule has 1 aliphatic rings. The third-order valence-electron chi connectivity index (χ3n) is 3.48. The number of benzene rings is 1. The maximum atomic E-state index is 12.9. The fourth-order valence-corrected chi connectivity index (χ4v) is 3.93. The van der Waals surface area contributed by atoms with Gasteiger partial charge in [-0.25, -0.2) is 4.79 Å². The average molecular weight is 371 g/mol. The normalized spacial score (nSPS) is 15.6. The summed E-state index contributed by atoms with van der Waals surface area (Å²) < 4.78 is 34.5.